The molecule has 1 fully saturated rings. The topological polar surface area (TPSA) is 58.2 Å². The quantitative estimate of drug-likeness (QED) is 0.844. The molecule has 0 unspecified atom stereocenters. The van der Waals surface area contributed by atoms with E-state index in [0.717, 1.165) is 38.8 Å². The second-order valence-electron chi connectivity index (χ2n) is 9.15. The van der Waals surface area contributed by atoms with Crippen LogP contribution in [-0.4, -0.2) is 39.9 Å². The van der Waals surface area contributed by atoms with Crippen molar-refractivity contribution >= 4 is 6.09 Å². The molecule has 5 heteroatoms. The van der Waals surface area contributed by atoms with E-state index in [1.54, 1.807) is 0 Å². The molecular weight excluding hydrogens is 302 g/mol. The molecule has 0 saturated carbocycles. The average molecular weight is 333 g/mol. The number of aryl methyl sites for hydroxylation is 1. The number of aromatic nitrogens is 2. The monoisotopic (exact) mass is 333 g/mol. The van der Waals surface area contributed by atoms with Gasteiger partial charge < -0.3 is 9.64 Å². The molecule has 0 bridgehead atoms. The largest absolute Gasteiger partial charge is 0.444 e. The first-order chi connectivity index (χ1) is 11.1. The molecule has 2 aliphatic rings. The number of rotatable bonds is 1. The summed E-state index contributed by atoms with van der Waals surface area (Å²) in [5.41, 5.74) is 3.96. The normalized spacial score (nSPS) is 21.5. The van der Waals surface area contributed by atoms with Crippen molar-refractivity contribution in [1.29, 1.82) is 0 Å². The molecule has 1 aromatic heterocycles. The molecule has 0 atom stereocenters. The fourth-order valence-corrected chi connectivity index (χ4v) is 3.85. The minimum atomic E-state index is -0.430. The maximum Gasteiger partial charge on any atom is 0.410 e. The van der Waals surface area contributed by atoms with Gasteiger partial charge >= 0.3 is 6.09 Å². The predicted molar refractivity (Wildman–Crippen MR) is 94.2 cm³/mol. The molecule has 0 radical (unpaired) electrons. The van der Waals surface area contributed by atoms with E-state index in [4.69, 9.17) is 4.74 Å². The maximum absolute atomic E-state index is 12.2. The van der Waals surface area contributed by atoms with Crippen LogP contribution in [0.5, 0.6) is 0 Å². The van der Waals surface area contributed by atoms with Crippen LogP contribution >= 0.6 is 0 Å². The molecule has 1 aliphatic carbocycles. The number of nitrogens with one attached hydrogen (secondary N) is 1. The molecule has 1 aliphatic heterocycles. The van der Waals surface area contributed by atoms with E-state index < -0.39 is 5.60 Å². The molecule has 5 nitrogen and oxygen atoms in total. The van der Waals surface area contributed by atoms with Crippen molar-refractivity contribution < 1.29 is 9.53 Å². The number of amides is 1. The smallest absolute Gasteiger partial charge is 0.410 e. The minimum Gasteiger partial charge on any atom is -0.444 e. The molecule has 1 amide bonds. The number of hydrogen-bond donors (Lipinski definition) is 1. The van der Waals surface area contributed by atoms with Gasteiger partial charge in [-0.2, -0.15) is 5.10 Å². The number of piperidine rings is 1. The van der Waals surface area contributed by atoms with Crippen molar-refractivity contribution in [3.05, 3.63) is 17.0 Å². The van der Waals surface area contributed by atoms with Gasteiger partial charge in [-0.05, 0) is 63.9 Å². The molecule has 0 spiro atoms. The zero-order valence-corrected chi connectivity index (χ0v) is 15.7. The molecule has 0 aromatic carbocycles. The number of likely N-dealkylation sites (tertiary alicyclic amines) is 1. The maximum atomic E-state index is 12.2. The lowest BCUT2D eigenvalue weighted by Gasteiger charge is -2.34. The molecule has 24 heavy (non-hydrogen) atoms. The number of carbonyl (C=O) groups is 1. The van der Waals surface area contributed by atoms with E-state index in [9.17, 15) is 4.79 Å². The molecule has 134 valence electrons. The Labute approximate surface area is 145 Å². The zero-order valence-electron chi connectivity index (χ0n) is 15.7. The molecule has 1 aromatic rings. The molecule has 3 rings (SSSR count). The van der Waals surface area contributed by atoms with Crippen LogP contribution in [0.2, 0.25) is 0 Å². The van der Waals surface area contributed by atoms with Gasteiger partial charge in [0.15, 0.2) is 0 Å². The van der Waals surface area contributed by atoms with E-state index >= 15 is 0 Å². The highest BCUT2D eigenvalue weighted by atomic mass is 16.6. The van der Waals surface area contributed by atoms with Crippen LogP contribution in [-0.2, 0) is 17.6 Å². The second kappa shape index (κ2) is 6.08. The number of hydrogen-bond acceptors (Lipinski definition) is 3. The van der Waals surface area contributed by atoms with Gasteiger partial charge in [-0.1, -0.05) is 13.8 Å². The summed E-state index contributed by atoms with van der Waals surface area (Å²) in [5.74, 6) is 0.456. The van der Waals surface area contributed by atoms with Gasteiger partial charge in [0.2, 0.25) is 0 Å². The fraction of sp³-hybridized carbons (Fsp3) is 0.789. The van der Waals surface area contributed by atoms with Crippen LogP contribution in [0, 0.1) is 5.41 Å². The van der Waals surface area contributed by atoms with Gasteiger partial charge in [-0.15, -0.1) is 0 Å². The van der Waals surface area contributed by atoms with Crippen LogP contribution in [0.25, 0.3) is 0 Å². The molecule has 1 saturated heterocycles. The van der Waals surface area contributed by atoms with Crippen LogP contribution in [0.4, 0.5) is 4.79 Å². The first kappa shape index (κ1) is 17.3. The summed E-state index contributed by atoms with van der Waals surface area (Å²) >= 11 is 0. The van der Waals surface area contributed by atoms with Gasteiger partial charge in [0.25, 0.3) is 0 Å². The molecule has 1 N–H and O–H groups in total. The van der Waals surface area contributed by atoms with E-state index in [0.29, 0.717) is 11.3 Å². The number of nitrogens with zero attached hydrogens (tertiary/aromatic N) is 2. The highest BCUT2D eigenvalue weighted by Crippen LogP contribution is 2.39. The average Bonchev–Trinajstić information content (AvgIpc) is 2.87. The third-order valence-electron chi connectivity index (χ3n) is 5.23. The second-order valence-corrected chi connectivity index (χ2v) is 9.15. The van der Waals surface area contributed by atoms with Gasteiger partial charge in [-0.3, -0.25) is 5.10 Å². The van der Waals surface area contributed by atoms with Crippen LogP contribution < -0.4 is 0 Å². The van der Waals surface area contributed by atoms with Crippen molar-refractivity contribution in [3.8, 4) is 0 Å². The summed E-state index contributed by atoms with van der Waals surface area (Å²) in [6.07, 6.45) is 5.19. The van der Waals surface area contributed by atoms with Crippen molar-refractivity contribution in [1.82, 2.24) is 15.1 Å². The van der Waals surface area contributed by atoms with Gasteiger partial charge in [-0.25, -0.2) is 4.79 Å². The van der Waals surface area contributed by atoms with Crippen molar-refractivity contribution in [2.24, 2.45) is 5.41 Å². The van der Waals surface area contributed by atoms with Gasteiger partial charge in [0.1, 0.15) is 5.60 Å². The highest BCUT2D eigenvalue weighted by Gasteiger charge is 2.34. The number of fused-ring (bicyclic) bond motifs is 1. The van der Waals surface area contributed by atoms with Crippen LogP contribution in [0.3, 0.4) is 0 Å². The standard InChI is InChI=1S/C19H31N3O2/c1-18(2,3)24-17(23)22-10-7-13(8-11-22)16-14-12-19(4,5)9-6-15(14)20-21-16/h13H,6-12H2,1-5H3,(H,20,21). The Hall–Kier alpha value is -1.52. The summed E-state index contributed by atoms with van der Waals surface area (Å²) < 4.78 is 5.49. The van der Waals surface area contributed by atoms with Crippen LogP contribution in [0.1, 0.15) is 76.8 Å². The Bertz CT molecular complexity index is 605. The Kier molecular flexibility index (Phi) is 4.39. The summed E-state index contributed by atoms with van der Waals surface area (Å²) in [6.45, 7) is 11.9. The van der Waals surface area contributed by atoms with Crippen molar-refractivity contribution in [2.45, 2.75) is 78.2 Å². The van der Waals surface area contributed by atoms with Gasteiger partial charge in [0.05, 0.1) is 5.69 Å². The zero-order chi connectivity index (χ0) is 17.5. The van der Waals surface area contributed by atoms with E-state index in [2.05, 4.69) is 24.0 Å². The predicted octanol–water partition coefficient (Wildman–Crippen LogP) is 4.04. The molecular formula is C19H31N3O2. The first-order valence-electron chi connectivity index (χ1n) is 9.19. The third-order valence-corrected chi connectivity index (χ3v) is 5.23. The van der Waals surface area contributed by atoms with Crippen molar-refractivity contribution in [3.63, 3.8) is 0 Å². The SMILES string of the molecule is CC1(C)CCc2[nH]nc(C3CCN(C(=O)OC(C)(C)C)CC3)c2C1. The lowest BCUT2D eigenvalue weighted by atomic mass is 9.74. The van der Waals surface area contributed by atoms with E-state index in [-0.39, 0.29) is 6.09 Å². The van der Waals surface area contributed by atoms with E-state index in [1.807, 2.05) is 25.7 Å². The minimum absolute atomic E-state index is 0.189. The fourth-order valence-electron chi connectivity index (χ4n) is 3.85. The Morgan fingerprint density at radius 1 is 1.29 bits per heavy atom. The molecule has 2 heterocycles. The number of ether oxygens (including phenoxy) is 1. The summed E-state index contributed by atoms with van der Waals surface area (Å²) in [4.78, 5) is 14.0. The Morgan fingerprint density at radius 3 is 2.58 bits per heavy atom. The Morgan fingerprint density at radius 2 is 1.96 bits per heavy atom. The summed E-state index contributed by atoms with van der Waals surface area (Å²) in [7, 11) is 0. The first-order valence-corrected chi connectivity index (χ1v) is 9.19. The number of H-pyrrole nitrogens is 1. The number of aromatic amines is 1. The third kappa shape index (κ3) is 3.76. The number of carbonyl (C=O) groups excluding carboxylic acids is 1. The Balaban J connectivity index is 1.64. The van der Waals surface area contributed by atoms with Crippen LogP contribution in [0.15, 0.2) is 0 Å². The summed E-state index contributed by atoms with van der Waals surface area (Å²) in [6, 6.07) is 0. The lowest BCUT2D eigenvalue weighted by Crippen LogP contribution is -2.41. The summed E-state index contributed by atoms with van der Waals surface area (Å²) in [5, 5.41) is 7.93. The highest BCUT2D eigenvalue weighted by molar-refractivity contribution is 5.68. The van der Waals surface area contributed by atoms with Gasteiger partial charge in [0, 0.05) is 24.7 Å². The van der Waals surface area contributed by atoms with E-state index in [1.165, 1.54) is 23.4 Å². The van der Waals surface area contributed by atoms with Crippen molar-refractivity contribution in [2.75, 3.05) is 13.1 Å². The lowest BCUT2D eigenvalue weighted by molar-refractivity contribution is 0.0204.